The average molecular weight is 916 g/mol. The van der Waals surface area contributed by atoms with Crippen molar-refractivity contribution in [3.05, 3.63) is 72.6 Å². The Balaban J connectivity index is 1.03. The molecule has 6 unspecified atom stereocenters. The van der Waals surface area contributed by atoms with Crippen LogP contribution in [0.1, 0.15) is 121 Å². The summed E-state index contributed by atoms with van der Waals surface area (Å²) in [7, 11) is 2.62. The fraction of sp³-hybridized carbons (Fsp3) is 0.510. The Morgan fingerprint density at radius 1 is 0.821 bits per heavy atom. The summed E-state index contributed by atoms with van der Waals surface area (Å²) in [6.07, 6.45) is 12.3. The van der Waals surface area contributed by atoms with E-state index in [-0.39, 0.29) is 36.1 Å². The molecule has 0 spiro atoms. The highest BCUT2D eigenvalue weighted by atomic mass is 16.5. The molecule has 6 heterocycles. The van der Waals surface area contributed by atoms with Gasteiger partial charge in [-0.3, -0.25) is 9.69 Å². The topological polar surface area (TPSA) is 192 Å². The Morgan fingerprint density at radius 3 is 2.13 bits per heavy atom. The van der Waals surface area contributed by atoms with Gasteiger partial charge >= 0.3 is 12.2 Å². The molecule has 0 radical (unpaired) electrons. The molecule has 0 bridgehead atoms. The Hall–Kier alpha value is -6.13. The van der Waals surface area contributed by atoms with E-state index in [4.69, 9.17) is 24.2 Å². The first-order chi connectivity index (χ1) is 32.4. The van der Waals surface area contributed by atoms with Gasteiger partial charge in [0.15, 0.2) is 6.23 Å². The van der Waals surface area contributed by atoms with E-state index >= 15 is 0 Å². The first kappa shape index (κ1) is 46.0. The van der Waals surface area contributed by atoms with Gasteiger partial charge in [-0.2, -0.15) is 0 Å². The van der Waals surface area contributed by atoms with E-state index in [0.29, 0.717) is 24.8 Å². The van der Waals surface area contributed by atoms with E-state index in [1.807, 2.05) is 56.0 Å². The van der Waals surface area contributed by atoms with Gasteiger partial charge in [0.25, 0.3) is 0 Å². The van der Waals surface area contributed by atoms with Crippen LogP contribution in [-0.2, 0) is 14.3 Å². The van der Waals surface area contributed by atoms with Gasteiger partial charge in [0.2, 0.25) is 5.91 Å². The molecular weight excluding hydrogens is 851 g/mol. The van der Waals surface area contributed by atoms with Gasteiger partial charge in [0.05, 0.1) is 67.3 Å². The van der Waals surface area contributed by atoms with Crippen LogP contribution in [0, 0.1) is 17.8 Å². The van der Waals surface area contributed by atoms with E-state index in [0.717, 1.165) is 113 Å². The van der Waals surface area contributed by atoms with E-state index in [2.05, 4.69) is 68.1 Å². The molecule has 5 N–H and O–H groups in total. The molecule has 1 saturated carbocycles. The van der Waals surface area contributed by atoms with Gasteiger partial charge in [-0.15, -0.1) is 0 Å². The molecule has 3 amide bonds. The van der Waals surface area contributed by atoms with Crippen LogP contribution >= 0.6 is 0 Å². The number of methoxy groups -OCH3 is 2. The highest BCUT2D eigenvalue weighted by Gasteiger charge is 2.41. The number of fused-ring (bicyclic) bond motifs is 5. The van der Waals surface area contributed by atoms with Crippen LogP contribution in [0.4, 0.5) is 9.59 Å². The van der Waals surface area contributed by atoms with Crippen LogP contribution in [0.15, 0.2) is 55.4 Å². The lowest BCUT2D eigenvalue weighted by Gasteiger charge is -2.37. The maximum Gasteiger partial charge on any atom is 0.407 e. The number of benzene rings is 2. The normalized spacial score (nSPS) is 21.1. The standard InChI is InChI=1S/C51H65N9O7/c1-8-33-35-24-31(36-26-52-45(54-36)39-16-12-22-58(39)47(61)42(28(2)3)56-50(63)65-6)19-21-38(35)60-44(33)34-20-18-32(25-41(34)67-49(60)30-14-10-9-11-15-30)37-27-53-46(55-37)40-17-13-23-59(40)48(62)43(29(4)5)57-51(64)66-7/h8,18-21,24-30,39-40,42-43,47,49,61H,1,9-17,22-23H2,2-7H3,(H,52,54)(H,53,55)(H,56,63)(H,57,64). The number of amides is 3. The molecule has 2 aromatic carbocycles. The number of aromatic amines is 2. The second kappa shape index (κ2) is 19.2. The van der Waals surface area contributed by atoms with Crippen LogP contribution < -0.4 is 15.4 Å². The van der Waals surface area contributed by atoms with Crippen molar-refractivity contribution in [1.29, 1.82) is 0 Å². The number of hydrogen-bond donors (Lipinski definition) is 5. The first-order valence-corrected chi connectivity index (χ1v) is 24.1. The van der Waals surface area contributed by atoms with Gasteiger partial charge in [0.1, 0.15) is 29.7 Å². The lowest BCUT2D eigenvalue weighted by Crippen LogP contribution is -2.54. The van der Waals surface area contributed by atoms with E-state index < -0.39 is 30.5 Å². The fourth-order valence-electron chi connectivity index (χ4n) is 11.0. The number of imidazole rings is 2. The molecule has 9 rings (SSSR count). The molecular formula is C51H65N9O7. The van der Waals surface area contributed by atoms with Crippen molar-refractivity contribution in [2.24, 2.45) is 17.8 Å². The zero-order valence-electron chi connectivity index (χ0n) is 39.5. The van der Waals surface area contributed by atoms with Crippen LogP contribution in [0.5, 0.6) is 5.75 Å². The maximum atomic E-state index is 13.8. The molecule has 1 aliphatic carbocycles. The number of aliphatic hydroxyl groups is 1. The molecule has 3 aromatic heterocycles. The molecule has 16 heteroatoms. The van der Waals surface area contributed by atoms with Crippen molar-refractivity contribution < 1.29 is 33.7 Å². The summed E-state index contributed by atoms with van der Waals surface area (Å²) < 4.78 is 19.2. The monoisotopic (exact) mass is 916 g/mol. The minimum absolute atomic E-state index is 0.0280. The Labute approximate surface area is 391 Å². The third-order valence-corrected chi connectivity index (χ3v) is 14.6. The molecule has 5 aromatic rings. The number of carbonyl (C=O) groups excluding carboxylic acids is 3. The number of aliphatic hydroxyl groups excluding tert-OH is 1. The van der Waals surface area contributed by atoms with Crippen molar-refractivity contribution >= 4 is 35.1 Å². The molecule has 356 valence electrons. The van der Waals surface area contributed by atoms with Crippen molar-refractivity contribution in [3.8, 4) is 39.5 Å². The molecule has 67 heavy (non-hydrogen) atoms. The number of ether oxygens (including phenoxy) is 3. The van der Waals surface area contributed by atoms with Gasteiger partial charge < -0.3 is 49.4 Å². The number of nitrogens with zero attached hydrogens (tertiary/aromatic N) is 5. The van der Waals surface area contributed by atoms with Gasteiger partial charge in [-0.1, -0.05) is 71.7 Å². The predicted octanol–water partition coefficient (Wildman–Crippen LogP) is 9.08. The summed E-state index contributed by atoms with van der Waals surface area (Å²) >= 11 is 0. The molecule has 3 fully saturated rings. The zero-order valence-corrected chi connectivity index (χ0v) is 39.5. The van der Waals surface area contributed by atoms with Gasteiger partial charge in [-0.25, -0.2) is 19.6 Å². The molecule has 4 aliphatic rings. The Bertz CT molecular complexity index is 2620. The van der Waals surface area contributed by atoms with Crippen LogP contribution in [0.3, 0.4) is 0 Å². The second-order valence-electron chi connectivity index (χ2n) is 19.3. The summed E-state index contributed by atoms with van der Waals surface area (Å²) in [6, 6.07) is 11.3. The molecule has 2 saturated heterocycles. The number of H-pyrrole nitrogens is 2. The van der Waals surface area contributed by atoms with Crippen LogP contribution in [-0.4, -0.2) is 103 Å². The van der Waals surface area contributed by atoms with Crippen molar-refractivity contribution in [2.45, 2.75) is 122 Å². The van der Waals surface area contributed by atoms with Crippen molar-refractivity contribution in [2.75, 3.05) is 27.3 Å². The van der Waals surface area contributed by atoms with Crippen molar-refractivity contribution in [3.63, 3.8) is 0 Å². The number of rotatable bonds is 13. The minimum Gasteiger partial charge on any atom is -0.469 e. The molecule has 3 aliphatic heterocycles. The fourth-order valence-corrected chi connectivity index (χ4v) is 11.0. The summed E-state index contributed by atoms with van der Waals surface area (Å²) in [4.78, 5) is 58.9. The quantitative estimate of drug-likeness (QED) is 0.0761. The number of alkyl carbamates (subject to hydrolysis) is 2. The van der Waals surface area contributed by atoms with E-state index in [1.54, 1.807) is 0 Å². The average Bonchev–Trinajstić information content (AvgIpc) is 4.20. The number of carbonyl (C=O) groups is 3. The highest BCUT2D eigenvalue weighted by molar-refractivity contribution is 6.01. The second-order valence-corrected chi connectivity index (χ2v) is 19.3. The largest absolute Gasteiger partial charge is 0.469 e. The number of nitrogens with one attached hydrogen (secondary N) is 4. The van der Waals surface area contributed by atoms with E-state index in [1.165, 1.54) is 20.6 Å². The lowest BCUT2D eigenvalue weighted by atomic mass is 9.87. The molecule has 16 nitrogen and oxygen atoms in total. The zero-order chi connectivity index (χ0) is 47.1. The maximum absolute atomic E-state index is 13.8. The third kappa shape index (κ3) is 8.69. The minimum atomic E-state index is -0.920. The Morgan fingerprint density at radius 2 is 1.46 bits per heavy atom. The van der Waals surface area contributed by atoms with Crippen molar-refractivity contribution in [1.82, 2.24) is 44.9 Å². The number of hydrogen-bond acceptors (Lipinski definition) is 10. The summed E-state index contributed by atoms with van der Waals surface area (Å²) in [6.45, 7) is 13.4. The summed E-state index contributed by atoms with van der Waals surface area (Å²) in [5.41, 5.74) is 7.80. The third-order valence-electron chi connectivity index (χ3n) is 14.6. The number of aromatic nitrogens is 5. The smallest absolute Gasteiger partial charge is 0.407 e. The summed E-state index contributed by atoms with van der Waals surface area (Å²) in [5, 5.41) is 18.2. The molecule has 6 atom stereocenters. The van der Waals surface area contributed by atoms with E-state index in [9.17, 15) is 19.5 Å². The predicted molar refractivity (Wildman–Crippen MR) is 256 cm³/mol. The summed E-state index contributed by atoms with van der Waals surface area (Å²) in [5.74, 6) is 2.31. The Kier molecular flexibility index (Phi) is 13.2. The first-order valence-electron chi connectivity index (χ1n) is 24.1. The highest BCUT2D eigenvalue weighted by Crippen LogP contribution is 2.51. The lowest BCUT2D eigenvalue weighted by molar-refractivity contribution is -0.135. The van der Waals surface area contributed by atoms with Gasteiger partial charge in [0, 0.05) is 46.6 Å². The van der Waals surface area contributed by atoms with Crippen LogP contribution in [0.25, 0.3) is 50.8 Å². The number of likely N-dealkylation sites (tertiary alicyclic amines) is 2. The van der Waals surface area contributed by atoms with Gasteiger partial charge in [-0.05, 0) is 74.6 Å². The van der Waals surface area contributed by atoms with Crippen LogP contribution in [0.2, 0.25) is 0 Å². The SMILES string of the molecule is C=Cc1c2n(c3ccc(-c4cnc(C5CCCN5C(O)C(NC(=O)OC)C(C)C)[nH]4)cc13)C(C1CCCCC1)Oc1cc(-c3cnc(C4CCCN4C(=O)C(NC(=O)OC)C(C)C)[nH]3)ccc1-2.